The van der Waals surface area contributed by atoms with Gasteiger partial charge in [-0.25, -0.2) is 0 Å². The molecular weight excluding hydrogens is 402 g/mol. The summed E-state index contributed by atoms with van der Waals surface area (Å²) < 4.78 is 0.469. The average Bonchev–Trinajstić information content (AvgIpc) is 3.00. The number of hydrogen-bond donors (Lipinski definition) is 1. The number of nitrogens with zero attached hydrogens (tertiary/aromatic N) is 2. The number of thiocarbonyl (C=S) groups is 1. The molecule has 2 heterocycles. The van der Waals surface area contributed by atoms with Crippen molar-refractivity contribution in [2.24, 2.45) is 0 Å². The zero-order valence-electron chi connectivity index (χ0n) is 15.4. The lowest BCUT2D eigenvalue weighted by molar-refractivity contribution is -0.122. The van der Waals surface area contributed by atoms with E-state index in [1.54, 1.807) is 6.20 Å². The van der Waals surface area contributed by atoms with Crippen molar-refractivity contribution in [1.82, 2.24) is 9.88 Å². The van der Waals surface area contributed by atoms with E-state index < -0.39 is 0 Å². The van der Waals surface area contributed by atoms with Gasteiger partial charge in [0.25, 0.3) is 5.91 Å². The molecule has 3 aromatic rings. The lowest BCUT2D eigenvalue weighted by Crippen LogP contribution is -2.31. The van der Waals surface area contributed by atoms with Crippen LogP contribution in [0.4, 0.5) is 5.69 Å². The van der Waals surface area contributed by atoms with Gasteiger partial charge in [-0.05, 0) is 23.8 Å². The highest BCUT2D eigenvalue weighted by atomic mass is 32.2. The van der Waals surface area contributed by atoms with Gasteiger partial charge in [0, 0.05) is 24.5 Å². The van der Waals surface area contributed by atoms with Crippen molar-refractivity contribution < 1.29 is 9.59 Å². The molecule has 0 spiro atoms. The largest absolute Gasteiger partial charge is 0.324 e. The maximum Gasteiger partial charge on any atom is 0.266 e. The fourth-order valence-electron chi connectivity index (χ4n) is 3.02. The van der Waals surface area contributed by atoms with E-state index in [4.69, 9.17) is 12.2 Å². The first-order valence-electron chi connectivity index (χ1n) is 9.06. The monoisotopic (exact) mass is 419 g/mol. The van der Waals surface area contributed by atoms with E-state index in [0.717, 1.165) is 16.5 Å². The molecule has 1 aromatic heterocycles. The van der Waals surface area contributed by atoms with E-state index in [1.807, 2.05) is 66.7 Å². The number of rotatable bonds is 5. The third kappa shape index (κ3) is 4.36. The summed E-state index contributed by atoms with van der Waals surface area (Å²) in [7, 11) is 0. The second-order valence-corrected chi connectivity index (χ2v) is 8.10. The number of anilines is 1. The van der Waals surface area contributed by atoms with Crippen molar-refractivity contribution in [3.05, 3.63) is 77.3 Å². The molecule has 0 bridgehead atoms. The Kier molecular flexibility index (Phi) is 5.69. The molecule has 0 aliphatic carbocycles. The van der Waals surface area contributed by atoms with Crippen LogP contribution in [-0.2, 0) is 9.59 Å². The number of para-hydroxylation sites is 1. The fourth-order valence-corrected chi connectivity index (χ4v) is 4.33. The van der Waals surface area contributed by atoms with E-state index in [-0.39, 0.29) is 24.8 Å². The van der Waals surface area contributed by atoms with Gasteiger partial charge < -0.3 is 5.32 Å². The number of hydrogen-bond acceptors (Lipinski definition) is 5. The third-order valence-corrected chi connectivity index (χ3v) is 5.82. The number of fused-ring (bicyclic) bond motifs is 1. The maximum absolute atomic E-state index is 12.7. The normalized spacial score (nSPS) is 15.3. The van der Waals surface area contributed by atoms with Crippen molar-refractivity contribution in [2.75, 3.05) is 11.9 Å². The summed E-state index contributed by atoms with van der Waals surface area (Å²) in [5.74, 6) is -0.354. The van der Waals surface area contributed by atoms with Crippen LogP contribution in [0.15, 0.2) is 71.8 Å². The number of pyridine rings is 1. The summed E-state index contributed by atoms with van der Waals surface area (Å²) in [4.78, 5) is 31.5. The van der Waals surface area contributed by atoms with E-state index in [9.17, 15) is 9.59 Å². The van der Waals surface area contributed by atoms with Crippen LogP contribution >= 0.6 is 24.0 Å². The molecule has 2 aromatic carbocycles. The second-order valence-electron chi connectivity index (χ2n) is 6.42. The molecule has 1 saturated heterocycles. The van der Waals surface area contributed by atoms with Gasteiger partial charge in [0.2, 0.25) is 5.91 Å². The molecule has 4 rings (SSSR count). The molecule has 1 fully saturated rings. The number of carbonyl (C=O) groups excluding carboxylic acids is 2. The molecule has 0 atom stereocenters. The van der Waals surface area contributed by atoms with Crippen molar-refractivity contribution in [3.8, 4) is 0 Å². The molecule has 0 unspecified atom stereocenters. The molecule has 0 saturated carbocycles. The van der Waals surface area contributed by atoms with Crippen LogP contribution in [0.5, 0.6) is 0 Å². The predicted octanol–water partition coefficient (Wildman–Crippen LogP) is 4.46. The van der Waals surface area contributed by atoms with Gasteiger partial charge in [-0.2, -0.15) is 0 Å². The van der Waals surface area contributed by atoms with Crippen molar-refractivity contribution in [3.63, 3.8) is 0 Å². The number of carbonyl (C=O) groups is 2. The SMILES string of the molecule is O=C(CCN1C(=O)C(=Cc2ccccc2)SC1=S)Nc1cccc2cccnc12. The molecule has 1 aliphatic heterocycles. The molecule has 1 aliphatic rings. The minimum atomic E-state index is -0.191. The molecule has 29 heavy (non-hydrogen) atoms. The first-order valence-corrected chi connectivity index (χ1v) is 10.3. The Morgan fingerprint density at radius 2 is 1.90 bits per heavy atom. The summed E-state index contributed by atoms with van der Waals surface area (Å²) in [5.41, 5.74) is 2.33. The highest BCUT2D eigenvalue weighted by molar-refractivity contribution is 8.26. The van der Waals surface area contributed by atoms with E-state index >= 15 is 0 Å². The van der Waals surface area contributed by atoms with Crippen molar-refractivity contribution in [1.29, 1.82) is 0 Å². The number of nitrogens with one attached hydrogen (secondary N) is 1. The van der Waals surface area contributed by atoms with Crippen LogP contribution in [0, 0.1) is 0 Å². The molecule has 144 valence electrons. The zero-order chi connectivity index (χ0) is 20.2. The number of amides is 2. The second kappa shape index (κ2) is 8.55. The first-order chi connectivity index (χ1) is 14.1. The number of benzene rings is 2. The van der Waals surface area contributed by atoms with Gasteiger partial charge in [-0.15, -0.1) is 0 Å². The summed E-state index contributed by atoms with van der Waals surface area (Å²) >= 11 is 6.60. The summed E-state index contributed by atoms with van der Waals surface area (Å²) in [6.07, 6.45) is 3.66. The maximum atomic E-state index is 12.7. The highest BCUT2D eigenvalue weighted by Crippen LogP contribution is 2.32. The molecule has 0 radical (unpaired) electrons. The van der Waals surface area contributed by atoms with Crippen LogP contribution in [0.1, 0.15) is 12.0 Å². The predicted molar refractivity (Wildman–Crippen MR) is 121 cm³/mol. The van der Waals surface area contributed by atoms with Crippen LogP contribution < -0.4 is 5.32 Å². The Morgan fingerprint density at radius 1 is 1.10 bits per heavy atom. The molecule has 5 nitrogen and oxygen atoms in total. The Hall–Kier alpha value is -3.03. The Morgan fingerprint density at radius 3 is 2.72 bits per heavy atom. The topological polar surface area (TPSA) is 62.3 Å². The summed E-state index contributed by atoms with van der Waals surface area (Å²) in [6.45, 7) is 0.237. The minimum absolute atomic E-state index is 0.147. The summed E-state index contributed by atoms with van der Waals surface area (Å²) in [6, 6.07) is 19.0. The van der Waals surface area contributed by atoms with Crippen LogP contribution in [0.2, 0.25) is 0 Å². The van der Waals surface area contributed by atoms with E-state index in [0.29, 0.717) is 14.9 Å². The molecule has 1 N–H and O–H groups in total. The Balaban J connectivity index is 1.41. The number of thioether (sulfide) groups is 1. The lowest BCUT2D eigenvalue weighted by atomic mass is 10.2. The molecule has 7 heteroatoms. The first kappa shape index (κ1) is 19.3. The van der Waals surface area contributed by atoms with Gasteiger partial charge in [0.15, 0.2) is 0 Å². The van der Waals surface area contributed by atoms with Crippen molar-refractivity contribution >= 4 is 62.8 Å². The Bertz CT molecular complexity index is 1120. The van der Waals surface area contributed by atoms with Crippen molar-refractivity contribution in [2.45, 2.75) is 6.42 Å². The minimum Gasteiger partial charge on any atom is -0.324 e. The fraction of sp³-hybridized carbons (Fsp3) is 0.0909. The zero-order valence-corrected chi connectivity index (χ0v) is 17.0. The van der Waals surface area contributed by atoms with Gasteiger partial charge in [0.05, 0.1) is 16.1 Å². The van der Waals surface area contributed by atoms with Gasteiger partial charge in [0.1, 0.15) is 4.32 Å². The van der Waals surface area contributed by atoms with E-state index in [1.165, 1.54) is 16.7 Å². The van der Waals surface area contributed by atoms with Crippen LogP contribution in [-0.4, -0.2) is 32.6 Å². The van der Waals surface area contributed by atoms with Gasteiger partial charge in [-0.3, -0.25) is 19.5 Å². The average molecular weight is 420 g/mol. The van der Waals surface area contributed by atoms with E-state index in [2.05, 4.69) is 10.3 Å². The van der Waals surface area contributed by atoms with Gasteiger partial charge >= 0.3 is 0 Å². The Labute approximate surface area is 177 Å². The number of aromatic nitrogens is 1. The van der Waals surface area contributed by atoms with Gasteiger partial charge in [-0.1, -0.05) is 72.5 Å². The highest BCUT2D eigenvalue weighted by Gasteiger charge is 2.32. The molecular formula is C22H17N3O2S2. The van der Waals surface area contributed by atoms with Crippen LogP contribution in [0.3, 0.4) is 0 Å². The lowest BCUT2D eigenvalue weighted by Gasteiger charge is -2.14. The molecule has 2 amide bonds. The smallest absolute Gasteiger partial charge is 0.266 e. The standard InChI is InChI=1S/C22H17N3O2S2/c26-19(24-17-10-4-8-16-9-5-12-23-20(16)17)11-13-25-21(27)18(29-22(25)28)14-15-6-2-1-3-7-15/h1-10,12,14H,11,13H2,(H,24,26). The quantitative estimate of drug-likeness (QED) is 0.489. The third-order valence-electron chi connectivity index (χ3n) is 4.44. The summed E-state index contributed by atoms with van der Waals surface area (Å²) in [5, 5.41) is 3.84. The van der Waals surface area contributed by atoms with Crippen LogP contribution in [0.25, 0.3) is 17.0 Å².